The lowest BCUT2D eigenvalue weighted by molar-refractivity contribution is -0.143. The van der Waals surface area contributed by atoms with Gasteiger partial charge in [-0.05, 0) is 85.3 Å². The summed E-state index contributed by atoms with van der Waals surface area (Å²) in [6.07, 6.45) is 0.103. The highest BCUT2D eigenvalue weighted by molar-refractivity contribution is 5.80. The first-order valence-electron chi connectivity index (χ1n) is 17.6. The molecule has 4 aromatic rings. The van der Waals surface area contributed by atoms with Crippen LogP contribution in [0.4, 0.5) is 0 Å². The molecule has 0 aromatic heterocycles. The summed E-state index contributed by atoms with van der Waals surface area (Å²) in [5, 5.41) is 14.2. The van der Waals surface area contributed by atoms with Gasteiger partial charge in [0.2, 0.25) is 11.7 Å². The van der Waals surface area contributed by atoms with E-state index < -0.39 is 29.9 Å². The summed E-state index contributed by atoms with van der Waals surface area (Å²) in [6, 6.07) is 26.0. The largest absolute Gasteiger partial charge is 0.493 e. The number of hydrogen-bond donors (Lipinski definition) is 2. The lowest BCUT2D eigenvalue weighted by Crippen LogP contribution is -2.40. The van der Waals surface area contributed by atoms with Crippen LogP contribution in [0.25, 0.3) is 0 Å². The van der Waals surface area contributed by atoms with Gasteiger partial charge >= 0.3 is 5.97 Å². The molecule has 0 spiro atoms. The predicted molar refractivity (Wildman–Crippen MR) is 200 cm³/mol. The number of methoxy groups -OCH3 is 3. The fraction of sp³-hybridized carbons (Fsp3) is 0.381. The van der Waals surface area contributed by atoms with E-state index in [1.54, 1.807) is 12.1 Å². The third-order valence-corrected chi connectivity index (χ3v) is 9.67. The molecule has 5 rings (SSSR count). The summed E-state index contributed by atoms with van der Waals surface area (Å²) >= 11 is 0. The van der Waals surface area contributed by atoms with E-state index in [9.17, 15) is 14.7 Å². The minimum Gasteiger partial charge on any atom is -0.493 e. The van der Waals surface area contributed by atoms with Gasteiger partial charge in [-0.25, -0.2) is 0 Å². The third kappa shape index (κ3) is 8.69. The molecule has 1 aliphatic rings. The van der Waals surface area contributed by atoms with Crippen molar-refractivity contribution in [1.82, 2.24) is 10.2 Å². The maximum atomic E-state index is 14.2. The Balaban J connectivity index is 1.51. The second-order valence-corrected chi connectivity index (χ2v) is 13.4. The van der Waals surface area contributed by atoms with Crippen molar-refractivity contribution in [3.05, 3.63) is 118 Å². The van der Waals surface area contributed by atoms with E-state index in [1.165, 1.54) is 21.3 Å². The molecule has 10 nitrogen and oxygen atoms in total. The van der Waals surface area contributed by atoms with Crippen molar-refractivity contribution in [3.8, 4) is 23.0 Å². The van der Waals surface area contributed by atoms with Gasteiger partial charge in [-0.2, -0.15) is 0 Å². The SMILES string of the molecule is COc1cc([C@H]2CN(CC(=O)NC(c3ccccc3C)c3ccccc3C)[C@@H](c3ccc(OCCOC(C)C)cc3)[C@@H]2C(=O)O)cc(OC)c1OC. The molecule has 0 unspecified atom stereocenters. The Morgan fingerprint density at radius 2 is 1.38 bits per heavy atom. The fourth-order valence-corrected chi connectivity index (χ4v) is 7.18. The quantitative estimate of drug-likeness (QED) is 0.120. The normalized spacial score (nSPS) is 17.3. The van der Waals surface area contributed by atoms with Crippen molar-refractivity contribution in [1.29, 1.82) is 0 Å². The molecule has 52 heavy (non-hydrogen) atoms. The van der Waals surface area contributed by atoms with E-state index in [-0.39, 0.29) is 25.1 Å². The molecule has 0 radical (unpaired) electrons. The van der Waals surface area contributed by atoms with Gasteiger partial charge in [0, 0.05) is 18.5 Å². The van der Waals surface area contributed by atoms with E-state index in [0.29, 0.717) is 41.8 Å². The monoisotopic (exact) mass is 710 g/mol. The summed E-state index contributed by atoms with van der Waals surface area (Å²) in [4.78, 5) is 29.5. The minimum atomic E-state index is -0.976. The Labute approximate surface area is 306 Å². The number of nitrogens with zero attached hydrogens (tertiary/aromatic N) is 1. The van der Waals surface area contributed by atoms with Crippen molar-refractivity contribution >= 4 is 11.9 Å². The van der Waals surface area contributed by atoms with Crippen molar-refractivity contribution < 1.29 is 38.4 Å². The summed E-state index contributed by atoms with van der Waals surface area (Å²) in [5.41, 5.74) is 5.57. The maximum Gasteiger partial charge on any atom is 0.309 e. The topological polar surface area (TPSA) is 116 Å². The molecule has 1 aliphatic heterocycles. The molecular formula is C42H50N2O8. The number of amides is 1. The number of nitrogens with one attached hydrogen (secondary N) is 1. The van der Waals surface area contributed by atoms with E-state index in [4.69, 9.17) is 23.7 Å². The molecule has 1 heterocycles. The molecule has 1 fully saturated rings. The van der Waals surface area contributed by atoms with Crippen LogP contribution in [0, 0.1) is 19.8 Å². The van der Waals surface area contributed by atoms with Gasteiger partial charge in [0.25, 0.3) is 0 Å². The van der Waals surface area contributed by atoms with Gasteiger partial charge in [0.05, 0.1) is 52.5 Å². The number of hydrogen-bond acceptors (Lipinski definition) is 8. The second-order valence-electron chi connectivity index (χ2n) is 13.4. The fourth-order valence-electron chi connectivity index (χ4n) is 7.18. The number of ether oxygens (including phenoxy) is 5. The molecule has 0 bridgehead atoms. The summed E-state index contributed by atoms with van der Waals surface area (Å²) in [5.74, 6) is -0.712. The Bertz CT molecular complexity index is 1750. The number of carbonyl (C=O) groups is 2. The number of likely N-dealkylation sites (tertiary alicyclic amines) is 1. The molecule has 276 valence electrons. The molecule has 0 saturated carbocycles. The Kier molecular flexibility index (Phi) is 12.8. The van der Waals surface area contributed by atoms with Crippen LogP contribution < -0.4 is 24.3 Å². The van der Waals surface area contributed by atoms with Crippen LogP contribution >= 0.6 is 0 Å². The van der Waals surface area contributed by atoms with Gasteiger partial charge in [0.15, 0.2) is 11.5 Å². The molecule has 10 heteroatoms. The Morgan fingerprint density at radius 3 is 1.88 bits per heavy atom. The van der Waals surface area contributed by atoms with Crippen LogP contribution in [0.2, 0.25) is 0 Å². The number of aliphatic carboxylic acids is 1. The Morgan fingerprint density at radius 1 is 0.808 bits per heavy atom. The lowest BCUT2D eigenvalue weighted by atomic mass is 9.82. The zero-order valence-corrected chi connectivity index (χ0v) is 31.1. The zero-order chi connectivity index (χ0) is 37.4. The number of carbonyl (C=O) groups excluding carboxylic acids is 1. The van der Waals surface area contributed by atoms with Crippen molar-refractivity contribution in [2.45, 2.75) is 51.8 Å². The molecule has 1 saturated heterocycles. The van der Waals surface area contributed by atoms with Crippen LogP contribution in [0.1, 0.15) is 65.2 Å². The number of carboxylic acids is 1. The van der Waals surface area contributed by atoms with E-state index in [1.807, 2.05) is 105 Å². The van der Waals surface area contributed by atoms with Gasteiger partial charge in [0.1, 0.15) is 12.4 Å². The van der Waals surface area contributed by atoms with Crippen molar-refractivity contribution in [3.63, 3.8) is 0 Å². The van der Waals surface area contributed by atoms with Crippen molar-refractivity contribution in [2.75, 3.05) is 47.6 Å². The Hall–Kier alpha value is -5.06. The number of carboxylic acid groups (broad SMARTS) is 1. The van der Waals surface area contributed by atoms with Gasteiger partial charge in [-0.1, -0.05) is 60.7 Å². The number of benzene rings is 4. The molecule has 1 amide bonds. The standard InChI is InChI=1S/C42H50N2O8/c1-26(2)51-20-21-52-31-18-16-29(17-19-31)40-38(42(46)47)34(30-22-35(48-5)41(50-7)36(23-30)49-6)24-44(40)25-37(45)43-39(32-14-10-8-12-27(32)3)33-15-11-9-13-28(33)4/h8-19,22-23,26,34,38-40H,20-21,24-25H2,1-7H3,(H,43,45)(H,46,47)/t34-,38-,40+/m1/s1. The number of rotatable bonds is 16. The van der Waals surface area contributed by atoms with E-state index >= 15 is 0 Å². The molecule has 2 N–H and O–H groups in total. The van der Waals surface area contributed by atoms with Crippen LogP contribution in [0.15, 0.2) is 84.9 Å². The highest BCUT2D eigenvalue weighted by Crippen LogP contribution is 2.49. The third-order valence-electron chi connectivity index (χ3n) is 9.67. The van der Waals surface area contributed by atoms with Crippen LogP contribution in [-0.2, 0) is 14.3 Å². The highest BCUT2D eigenvalue weighted by Gasteiger charge is 2.48. The van der Waals surface area contributed by atoms with Gasteiger partial charge in [-0.3, -0.25) is 14.5 Å². The zero-order valence-electron chi connectivity index (χ0n) is 31.1. The summed E-state index contributed by atoms with van der Waals surface area (Å²) < 4.78 is 28.3. The molecular weight excluding hydrogens is 660 g/mol. The van der Waals surface area contributed by atoms with E-state index in [2.05, 4.69) is 5.32 Å². The first-order chi connectivity index (χ1) is 25.1. The summed E-state index contributed by atoms with van der Waals surface area (Å²) in [7, 11) is 4.58. The van der Waals surface area contributed by atoms with Gasteiger partial charge in [-0.15, -0.1) is 0 Å². The predicted octanol–water partition coefficient (Wildman–Crippen LogP) is 6.88. The average molecular weight is 711 g/mol. The first kappa shape index (κ1) is 38.2. The lowest BCUT2D eigenvalue weighted by Gasteiger charge is -2.29. The average Bonchev–Trinajstić information content (AvgIpc) is 3.51. The molecule has 0 aliphatic carbocycles. The first-order valence-corrected chi connectivity index (χ1v) is 17.6. The number of aryl methyl sites for hydroxylation is 2. The van der Waals surface area contributed by atoms with Crippen LogP contribution in [-0.4, -0.2) is 75.6 Å². The minimum absolute atomic E-state index is 0.0333. The van der Waals surface area contributed by atoms with Crippen LogP contribution in [0.5, 0.6) is 23.0 Å². The smallest absolute Gasteiger partial charge is 0.309 e. The van der Waals surface area contributed by atoms with Crippen LogP contribution in [0.3, 0.4) is 0 Å². The molecule has 3 atom stereocenters. The second kappa shape index (κ2) is 17.4. The maximum absolute atomic E-state index is 14.2. The van der Waals surface area contributed by atoms with E-state index in [0.717, 1.165) is 27.8 Å². The van der Waals surface area contributed by atoms with Gasteiger partial charge < -0.3 is 34.1 Å². The molecule has 4 aromatic carbocycles. The summed E-state index contributed by atoms with van der Waals surface area (Å²) in [6.45, 7) is 9.11. The highest BCUT2D eigenvalue weighted by atomic mass is 16.5. The van der Waals surface area contributed by atoms with Crippen molar-refractivity contribution in [2.24, 2.45) is 5.92 Å².